The van der Waals surface area contributed by atoms with E-state index in [4.69, 9.17) is 10.5 Å². The van der Waals surface area contributed by atoms with Gasteiger partial charge in [0.1, 0.15) is 5.82 Å². The molecule has 2 rings (SSSR count). The predicted octanol–water partition coefficient (Wildman–Crippen LogP) is 1.62. The van der Waals surface area contributed by atoms with Crippen LogP contribution in [0.4, 0.5) is 4.39 Å². The third-order valence-corrected chi connectivity index (χ3v) is 3.41. The van der Waals surface area contributed by atoms with Crippen LogP contribution in [0.25, 0.3) is 0 Å². The number of rotatable bonds is 5. The summed E-state index contributed by atoms with van der Waals surface area (Å²) in [6.45, 7) is 1.11. The fourth-order valence-electron chi connectivity index (χ4n) is 2.31. The highest BCUT2D eigenvalue weighted by Crippen LogP contribution is 2.37. The number of methoxy groups -OCH3 is 1. The fraction of sp³-hybridized carbons (Fsp3) is 0.500. The lowest BCUT2D eigenvalue weighted by atomic mass is 9.76. The van der Waals surface area contributed by atoms with E-state index in [1.165, 1.54) is 6.07 Å². The van der Waals surface area contributed by atoms with Gasteiger partial charge in [0, 0.05) is 13.2 Å². The van der Waals surface area contributed by atoms with Gasteiger partial charge in [-0.15, -0.1) is 0 Å². The fourth-order valence-corrected chi connectivity index (χ4v) is 2.31. The Kier molecular flexibility index (Phi) is 4.74. The van der Waals surface area contributed by atoms with Crippen molar-refractivity contribution in [1.82, 2.24) is 5.32 Å². The highest BCUT2D eigenvalue weighted by Gasteiger charge is 2.32. The van der Waals surface area contributed by atoms with E-state index >= 15 is 0 Å². The molecule has 1 aromatic carbocycles. The molecule has 0 aliphatic heterocycles. The van der Waals surface area contributed by atoms with Crippen molar-refractivity contribution in [3.8, 4) is 0 Å². The molecule has 0 aromatic heterocycles. The number of hydrogen-bond acceptors (Lipinski definition) is 2. The Morgan fingerprint density at radius 2 is 2.21 bits per heavy atom. The molecule has 19 heavy (non-hydrogen) atoms. The zero-order valence-corrected chi connectivity index (χ0v) is 11.1. The lowest BCUT2D eigenvalue weighted by molar-refractivity contribution is 0.207. The van der Waals surface area contributed by atoms with Crippen LogP contribution in [0.1, 0.15) is 24.3 Å². The lowest BCUT2D eigenvalue weighted by Gasteiger charge is -2.36. The molecule has 0 atom stereocenters. The molecule has 0 heterocycles. The van der Waals surface area contributed by atoms with E-state index in [1.54, 1.807) is 13.2 Å². The Balaban J connectivity index is 1.77. The first-order valence-corrected chi connectivity index (χ1v) is 6.50. The van der Waals surface area contributed by atoms with Crippen molar-refractivity contribution in [2.75, 3.05) is 20.3 Å². The number of nitrogens with one attached hydrogen (secondary N) is 1. The van der Waals surface area contributed by atoms with Crippen LogP contribution in [-0.4, -0.2) is 32.3 Å². The zero-order chi connectivity index (χ0) is 13.7. The summed E-state index contributed by atoms with van der Waals surface area (Å²) in [7, 11) is 1.63. The molecule has 1 aromatic rings. The van der Waals surface area contributed by atoms with Gasteiger partial charge >= 0.3 is 0 Å². The molecular weight excluding hydrogens is 245 g/mol. The minimum atomic E-state index is -0.118. The monoisotopic (exact) mass is 265 g/mol. The van der Waals surface area contributed by atoms with E-state index in [-0.39, 0.29) is 17.8 Å². The van der Waals surface area contributed by atoms with Crippen molar-refractivity contribution in [3.63, 3.8) is 0 Å². The number of nitrogens with zero attached hydrogens (tertiary/aromatic N) is 1. The van der Waals surface area contributed by atoms with E-state index < -0.39 is 0 Å². The van der Waals surface area contributed by atoms with E-state index in [1.807, 2.05) is 12.1 Å². The zero-order valence-electron chi connectivity index (χ0n) is 11.1. The number of benzene rings is 1. The smallest absolute Gasteiger partial charge is 0.188 e. The first-order valence-electron chi connectivity index (χ1n) is 6.50. The largest absolute Gasteiger partial charge is 0.383 e. The number of nitrogens with two attached hydrogens (primary N) is 1. The third-order valence-electron chi connectivity index (χ3n) is 3.41. The highest BCUT2D eigenvalue weighted by molar-refractivity contribution is 5.78. The highest BCUT2D eigenvalue weighted by atomic mass is 19.1. The SMILES string of the molecule is COCCN=C(N)NC1CC(c2ccccc2F)C1. The molecule has 1 saturated carbocycles. The maximum Gasteiger partial charge on any atom is 0.188 e. The number of ether oxygens (including phenoxy) is 1. The van der Waals surface area contributed by atoms with Gasteiger partial charge in [-0.1, -0.05) is 18.2 Å². The van der Waals surface area contributed by atoms with Gasteiger partial charge in [-0.3, -0.25) is 4.99 Å². The standard InChI is InChI=1S/C14H20FN3O/c1-19-7-6-17-14(16)18-11-8-10(9-11)12-4-2-3-5-13(12)15/h2-5,10-11H,6-9H2,1H3,(H3,16,17,18). The summed E-state index contributed by atoms with van der Waals surface area (Å²) in [6, 6.07) is 7.24. The van der Waals surface area contributed by atoms with Crippen LogP contribution in [0, 0.1) is 5.82 Å². The molecule has 0 saturated heterocycles. The van der Waals surface area contributed by atoms with Gasteiger partial charge in [0.25, 0.3) is 0 Å². The molecule has 1 fully saturated rings. The summed E-state index contributed by atoms with van der Waals surface area (Å²) in [4.78, 5) is 4.14. The van der Waals surface area contributed by atoms with Gasteiger partial charge in [0.2, 0.25) is 0 Å². The van der Waals surface area contributed by atoms with E-state index in [9.17, 15) is 4.39 Å². The molecule has 3 N–H and O–H groups in total. The maximum atomic E-state index is 13.6. The van der Waals surface area contributed by atoms with Gasteiger partial charge in [0.15, 0.2) is 5.96 Å². The Bertz CT molecular complexity index is 444. The molecule has 0 amide bonds. The Labute approximate surface area is 112 Å². The first kappa shape index (κ1) is 13.8. The molecule has 4 nitrogen and oxygen atoms in total. The summed E-state index contributed by atoms with van der Waals surface area (Å²) in [5.74, 6) is 0.604. The molecule has 0 unspecified atom stereocenters. The number of halogens is 1. The maximum absolute atomic E-state index is 13.6. The van der Waals surface area contributed by atoms with Crippen LogP contribution >= 0.6 is 0 Å². The van der Waals surface area contributed by atoms with E-state index in [0.717, 1.165) is 18.4 Å². The van der Waals surface area contributed by atoms with Crippen LogP contribution in [-0.2, 0) is 4.74 Å². The molecule has 104 valence electrons. The molecule has 0 spiro atoms. The van der Waals surface area contributed by atoms with E-state index in [2.05, 4.69) is 10.3 Å². The molecule has 0 radical (unpaired) electrons. The van der Waals surface area contributed by atoms with Gasteiger partial charge < -0.3 is 15.8 Å². The van der Waals surface area contributed by atoms with Crippen molar-refractivity contribution < 1.29 is 9.13 Å². The molecule has 1 aliphatic carbocycles. The molecular formula is C14H20FN3O. The predicted molar refractivity (Wildman–Crippen MR) is 73.7 cm³/mol. The second-order valence-electron chi connectivity index (χ2n) is 4.79. The normalized spacial score (nSPS) is 22.9. The van der Waals surface area contributed by atoms with Crippen LogP contribution in [0.3, 0.4) is 0 Å². The third kappa shape index (κ3) is 3.67. The van der Waals surface area contributed by atoms with E-state index in [0.29, 0.717) is 19.1 Å². The Morgan fingerprint density at radius 1 is 1.47 bits per heavy atom. The first-order chi connectivity index (χ1) is 9.20. The van der Waals surface area contributed by atoms with Crippen LogP contribution in [0.5, 0.6) is 0 Å². The lowest BCUT2D eigenvalue weighted by Crippen LogP contribution is -2.46. The average molecular weight is 265 g/mol. The van der Waals surface area contributed by atoms with Gasteiger partial charge in [-0.2, -0.15) is 0 Å². The van der Waals surface area contributed by atoms with Gasteiger partial charge in [-0.25, -0.2) is 4.39 Å². The molecule has 0 bridgehead atoms. The molecule has 5 heteroatoms. The van der Waals surface area contributed by atoms with Crippen molar-refractivity contribution in [2.24, 2.45) is 10.7 Å². The average Bonchev–Trinajstić information content (AvgIpc) is 2.35. The van der Waals surface area contributed by atoms with Crippen LogP contribution < -0.4 is 11.1 Å². The van der Waals surface area contributed by atoms with Gasteiger partial charge in [-0.05, 0) is 30.4 Å². The molecule has 1 aliphatic rings. The second-order valence-corrected chi connectivity index (χ2v) is 4.79. The summed E-state index contributed by atoms with van der Waals surface area (Å²) >= 11 is 0. The Hall–Kier alpha value is -1.62. The van der Waals surface area contributed by atoms with Crippen LogP contribution in [0.2, 0.25) is 0 Å². The Morgan fingerprint density at radius 3 is 2.89 bits per heavy atom. The van der Waals surface area contributed by atoms with Crippen molar-refractivity contribution in [1.29, 1.82) is 0 Å². The topological polar surface area (TPSA) is 59.6 Å². The van der Waals surface area contributed by atoms with Crippen molar-refractivity contribution in [2.45, 2.75) is 24.8 Å². The summed E-state index contributed by atoms with van der Waals surface area (Å²) < 4.78 is 18.5. The van der Waals surface area contributed by atoms with Crippen molar-refractivity contribution >= 4 is 5.96 Å². The second kappa shape index (κ2) is 6.52. The minimum Gasteiger partial charge on any atom is -0.383 e. The van der Waals surface area contributed by atoms with Gasteiger partial charge in [0.05, 0.1) is 13.2 Å². The minimum absolute atomic E-state index is 0.118. The summed E-state index contributed by atoms with van der Waals surface area (Å²) in [5, 5.41) is 3.14. The van der Waals surface area contributed by atoms with Crippen LogP contribution in [0.15, 0.2) is 29.3 Å². The number of hydrogen-bond donors (Lipinski definition) is 2. The summed E-state index contributed by atoms with van der Waals surface area (Å²) in [5.41, 5.74) is 6.55. The summed E-state index contributed by atoms with van der Waals surface area (Å²) in [6.07, 6.45) is 1.78. The number of guanidine groups is 1. The number of aliphatic imine (C=N–C) groups is 1. The van der Waals surface area contributed by atoms with Crippen molar-refractivity contribution in [3.05, 3.63) is 35.6 Å². The quantitative estimate of drug-likeness (QED) is 0.483.